The average Bonchev–Trinajstić information content (AvgIpc) is 2.29. The highest BCUT2D eigenvalue weighted by molar-refractivity contribution is 5.89. The fraction of sp³-hybridized carbons (Fsp3) is 0.727. The monoisotopic (exact) mass is 242 g/mol. The molecule has 1 aliphatic heterocycles. The van der Waals surface area contributed by atoms with Crippen LogP contribution in [-0.4, -0.2) is 59.4 Å². The van der Waals surface area contributed by atoms with Crippen molar-refractivity contribution in [1.29, 1.82) is 0 Å². The van der Waals surface area contributed by atoms with Gasteiger partial charge in [-0.2, -0.15) is 0 Å². The zero-order valence-electron chi connectivity index (χ0n) is 10.3. The number of carbonyl (C=O) groups excluding carboxylic acids is 2. The van der Waals surface area contributed by atoms with Crippen LogP contribution in [0.15, 0.2) is 0 Å². The van der Waals surface area contributed by atoms with Gasteiger partial charge in [0.05, 0.1) is 0 Å². The molecule has 0 unspecified atom stereocenters. The van der Waals surface area contributed by atoms with Gasteiger partial charge in [-0.3, -0.25) is 9.59 Å². The van der Waals surface area contributed by atoms with Crippen LogP contribution in [0.4, 0.5) is 0 Å². The van der Waals surface area contributed by atoms with Crippen LogP contribution < -0.4 is 0 Å². The smallest absolute Gasteiger partial charge is 0.326 e. The van der Waals surface area contributed by atoms with Crippen molar-refractivity contribution >= 4 is 17.8 Å². The summed E-state index contributed by atoms with van der Waals surface area (Å²) >= 11 is 0. The first-order valence-corrected chi connectivity index (χ1v) is 5.58. The average molecular weight is 242 g/mol. The third kappa shape index (κ3) is 2.95. The Balaban J connectivity index is 2.64. The summed E-state index contributed by atoms with van der Waals surface area (Å²) in [5, 5.41) is 8.82. The second kappa shape index (κ2) is 5.16. The van der Waals surface area contributed by atoms with Crippen LogP contribution in [0.3, 0.4) is 0 Å². The lowest BCUT2D eigenvalue weighted by Crippen LogP contribution is -2.47. The summed E-state index contributed by atoms with van der Waals surface area (Å²) in [6, 6.07) is -0.864. The molecule has 2 atom stereocenters. The molecule has 6 nitrogen and oxygen atoms in total. The van der Waals surface area contributed by atoms with E-state index >= 15 is 0 Å². The second-order valence-corrected chi connectivity index (χ2v) is 4.47. The third-order valence-corrected chi connectivity index (χ3v) is 3.29. The normalized spacial score (nSPS) is 22.2. The molecule has 96 valence electrons. The van der Waals surface area contributed by atoms with Crippen LogP contribution in [0.1, 0.15) is 19.8 Å². The van der Waals surface area contributed by atoms with Crippen molar-refractivity contribution in [3.63, 3.8) is 0 Å². The lowest BCUT2D eigenvalue weighted by Gasteiger charge is -2.31. The highest BCUT2D eigenvalue weighted by Crippen LogP contribution is 2.20. The molecule has 6 heteroatoms. The predicted octanol–water partition coefficient (Wildman–Crippen LogP) is -0.214. The van der Waals surface area contributed by atoms with Gasteiger partial charge in [0, 0.05) is 33.0 Å². The molecule has 0 radical (unpaired) electrons. The lowest BCUT2D eigenvalue weighted by molar-refractivity contribution is -0.152. The molecule has 1 rings (SSSR count). The summed E-state index contributed by atoms with van der Waals surface area (Å²) in [5.74, 6) is -1.75. The minimum atomic E-state index is -1.04. The summed E-state index contributed by atoms with van der Waals surface area (Å²) in [5.41, 5.74) is 0. The molecule has 0 aromatic rings. The molecule has 1 aliphatic rings. The number of aliphatic carboxylic acids is 1. The minimum Gasteiger partial charge on any atom is -0.480 e. The Morgan fingerprint density at radius 2 is 2.12 bits per heavy atom. The number of likely N-dealkylation sites (N-methyl/N-ethyl adjacent to an activating group) is 1. The van der Waals surface area contributed by atoms with Crippen LogP contribution in [0, 0.1) is 5.92 Å². The Hall–Kier alpha value is -1.59. The van der Waals surface area contributed by atoms with Gasteiger partial charge in [0.2, 0.25) is 11.8 Å². The van der Waals surface area contributed by atoms with E-state index in [9.17, 15) is 14.4 Å². The first-order valence-electron chi connectivity index (χ1n) is 5.58. The van der Waals surface area contributed by atoms with Gasteiger partial charge in [0.25, 0.3) is 0 Å². The number of carboxylic acid groups (broad SMARTS) is 1. The van der Waals surface area contributed by atoms with Crippen LogP contribution >= 0.6 is 0 Å². The molecule has 1 fully saturated rings. The summed E-state index contributed by atoms with van der Waals surface area (Å²) in [4.78, 5) is 37.0. The quantitative estimate of drug-likeness (QED) is 0.742. The molecule has 0 bridgehead atoms. The number of hydrogen-bond donors (Lipinski definition) is 1. The maximum Gasteiger partial charge on any atom is 0.326 e. The van der Waals surface area contributed by atoms with E-state index in [0.29, 0.717) is 13.0 Å². The number of hydrogen-bond acceptors (Lipinski definition) is 3. The van der Waals surface area contributed by atoms with E-state index in [2.05, 4.69) is 0 Å². The summed E-state index contributed by atoms with van der Waals surface area (Å²) in [7, 11) is 3.16. The van der Waals surface area contributed by atoms with Gasteiger partial charge in [-0.1, -0.05) is 0 Å². The van der Waals surface area contributed by atoms with Crippen LogP contribution in [0.5, 0.6) is 0 Å². The maximum atomic E-state index is 12.0. The van der Waals surface area contributed by atoms with Gasteiger partial charge >= 0.3 is 5.97 Å². The number of nitrogens with zero attached hydrogens (tertiary/aromatic N) is 2. The number of carboxylic acids is 1. The molecular formula is C11H18N2O4. The van der Waals surface area contributed by atoms with E-state index in [0.717, 1.165) is 0 Å². The van der Waals surface area contributed by atoms with Crippen LogP contribution in [-0.2, 0) is 14.4 Å². The van der Waals surface area contributed by atoms with Gasteiger partial charge in [-0.25, -0.2) is 4.79 Å². The molecule has 0 spiro atoms. The fourth-order valence-electron chi connectivity index (χ4n) is 1.80. The van der Waals surface area contributed by atoms with E-state index < -0.39 is 12.0 Å². The van der Waals surface area contributed by atoms with Gasteiger partial charge in [0.1, 0.15) is 6.04 Å². The van der Waals surface area contributed by atoms with Gasteiger partial charge < -0.3 is 14.9 Å². The molecule has 0 saturated carbocycles. The fourth-order valence-corrected chi connectivity index (χ4v) is 1.80. The lowest BCUT2D eigenvalue weighted by atomic mass is 9.94. The number of carbonyl (C=O) groups is 3. The molecule has 1 heterocycles. The highest BCUT2D eigenvalue weighted by atomic mass is 16.4. The highest BCUT2D eigenvalue weighted by Gasteiger charge is 2.33. The van der Waals surface area contributed by atoms with Crippen molar-refractivity contribution in [3.05, 3.63) is 0 Å². The Kier molecular flexibility index (Phi) is 4.09. The molecular weight excluding hydrogens is 224 g/mol. The van der Waals surface area contributed by atoms with Crippen molar-refractivity contribution in [2.24, 2.45) is 5.92 Å². The minimum absolute atomic E-state index is 0.0639. The first kappa shape index (κ1) is 13.5. The van der Waals surface area contributed by atoms with Crippen molar-refractivity contribution in [1.82, 2.24) is 9.80 Å². The molecule has 0 aromatic carbocycles. The molecule has 0 aliphatic carbocycles. The Morgan fingerprint density at radius 1 is 1.53 bits per heavy atom. The van der Waals surface area contributed by atoms with E-state index in [1.54, 1.807) is 11.9 Å². The molecule has 0 aromatic heterocycles. The van der Waals surface area contributed by atoms with Crippen molar-refractivity contribution in [2.75, 3.05) is 20.6 Å². The zero-order valence-corrected chi connectivity index (χ0v) is 10.3. The summed E-state index contributed by atoms with van der Waals surface area (Å²) < 4.78 is 0. The van der Waals surface area contributed by atoms with Gasteiger partial charge in [-0.15, -0.1) is 0 Å². The van der Waals surface area contributed by atoms with Crippen molar-refractivity contribution in [2.45, 2.75) is 25.8 Å². The number of likely N-dealkylation sites (tertiary alicyclic amines) is 1. The third-order valence-electron chi connectivity index (χ3n) is 3.29. The standard InChI is InChI=1S/C11H18N2O4/c1-7(11(16)17)13(3)10(15)8-4-5-12(2)9(14)6-8/h7-8H,4-6H2,1-3H3,(H,16,17)/t7-,8+/m0/s1. The predicted molar refractivity (Wildman–Crippen MR) is 60.2 cm³/mol. The largest absolute Gasteiger partial charge is 0.480 e. The summed E-state index contributed by atoms with van der Waals surface area (Å²) in [6.07, 6.45) is 0.768. The van der Waals surface area contributed by atoms with Gasteiger partial charge in [-0.05, 0) is 13.3 Å². The van der Waals surface area contributed by atoms with E-state index in [1.165, 1.54) is 18.9 Å². The van der Waals surface area contributed by atoms with Crippen molar-refractivity contribution < 1.29 is 19.5 Å². The van der Waals surface area contributed by atoms with Gasteiger partial charge in [0.15, 0.2) is 0 Å². The molecule has 1 saturated heterocycles. The molecule has 1 N–H and O–H groups in total. The second-order valence-electron chi connectivity index (χ2n) is 4.47. The number of rotatable bonds is 3. The molecule has 2 amide bonds. The van der Waals surface area contributed by atoms with E-state index in [4.69, 9.17) is 5.11 Å². The SMILES string of the molecule is C[C@@H](C(=O)O)N(C)C(=O)[C@@H]1CCN(C)C(=O)C1. The summed E-state index contributed by atoms with van der Waals surface area (Å²) in [6.45, 7) is 2.00. The zero-order chi connectivity index (χ0) is 13.2. The number of amides is 2. The van der Waals surface area contributed by atoms with E-state index in [-0.39, 0.29) is 24.2 Å². The van der Waals surface area contributed by atoms with E-state index in [1.807, 2.05) is 0 Å². The maximum absolute atomic E-state index is 12.0. The number of piperidine rings is 1. The Morgan fingerprint density at radius 3 is 2.59 bits per heavy atom. The molecule has 17 heavy (non-hydrogen) atoms. The van der Waals surface area contributed by atoms with Crippen LogP contribution in [0.2, 0.25) is 0 Å². The Labute approximate surface area is 100 Å². The topological polar surface area (TPSA) is 77.9 Å². The Bertz CT molecular complexity index is 342. The van der Waals surface area contributed by atoms with Crippen molar-refractivity contribution in [3.8, 4) is 0 Å². The van der Waals surface area contributed by atoms with Crippen LogP contribution in [0.25, 0.3) is 0 Å². The first-order chi connectivity index (χ1) is 7.84.